The Morgan fingerprint density at radius 3 is 2.58 bits per heavy atom. The quantitative estimate of drug-likeness (QED) is 0.838. The smallest absolute Gasteiger partial charge is 0.338 e. The third-order valence-electron chi connectivity index (χ3n) is 4.10. The van der Waals surface area contributed by atoms with Gasteiger partial charge in [0.1, 0.15) is 0 Å². The van der Waals surface area contributed by atoms with Crippen LogP contribution in [0.3, 0.4) is 0 Å². The van der Waals surface area contributed by atoms with E-state index >= 15 is 0 Å². The monoisotopic (exact) mass is 343 g/mol. The van der Waals surface area contributed by atoms with Gasteiger partial charge in [-0.15, -0.1) is 0 Å². The Morgan fingerprint density at radius 1 is 1.25 bits per heavy atom. The normalized spacial score (nSPS) is 17.3. The van der Waals surface area contributed by atoms with E-state index in [2.05, 4.69) is 20.0 Å². The van der Waals surface area contributed by atoms with Gasteiger partial charge in [-0.3, -0.25) is 14.3 Å². The molecule has 0 saturated carbocycles. The van der Waals surface area contributed by atoms with Gasteiger partial charge in [0, 0.05) is 12.6 Å². The molecule has 10 heteroatoms. The van der Waals surface area contributed by atoms with E-state index in [0.29, 0.717) is 25.0 Å². The second-order valence-corrected chi connectivity index (χ2v) is 5.82. The highest BCUT2D eigenvalue weighted by atomic mass is 19.4. The molecule has 1 aliphatic rings. The Hall–Kier alpha value is -2.23. The molecule has 0 atom stereocenters. The number of likely N-dealkylation sites (tertiary alicyclic amines) is 1. The molecule has 2 aromatic rings. The second kappa shape index (κ2) is 6.71. The Labute approximate surface area is 135 Å². The highest BCUT2D eigenvalue weighted by molar-refractivity contribution is 5.03. The van der Waals surface area contributed by atoms with E-state index in [1.54, 1.807) is 0 Å². The topological polar surface area (TPSA) is 77.1 Å². The average molecular weight is 343 g/mol. The molecule has 0 unspecified atom stereocenters. The molecule has 1 aliphatic heterocycles. The molecule has 1 fully saturated rings. The highest BCUT2D eigenvalue weighted by Crippen LogP contribution is 2.26. The molecule has 3 rings (SSSR count). The van der Waals surface area contributed by atoms with Crippen molar-refractivity contribution in [3.8, 4) is 0 Å². The van der Waals surface area contributed by atoms with Crippen molar-refractivity contribution in [2.75, 3.05) is 13.1 Å². The second-order valence-electron chi connectivity index (χ2n) is 5.82. The Morgan fingerprint density at radius 2 is 2.00 bits per heavy atom. The van der Waals surface area contributed by atoms with Crippen molar-refractivity contribution >= 4 is 0 Å². The van der Waals surface area contributed by atoms with Crippen LogP contribution in [0.15, 0.2) is 28.0 Å². The largest absolute Gasteiger partial charge is 0.433 e. The summed E-state index contributed by atoms with van der Waals surface area (Å²) in [5, 5.41) is 3.55. The van der Waals surface area contributed by atoms with Crippen molar-refractivity contribution in [3.63, 3.8) is 0 Å². The Bertz CT molecular complexity index is 721. The first kappa shape index (κ1) is 16.6. The number of piperidine rings is 1. The highest BCUT2D eigenvalue weighted by Gasteiger charge is 2.33. The van der Waals surface area contributed by atoms with Crippen LogP contribution in [-0.4, -0.2) is 37.7 Å². The van der Waals surface area contributed by atoms with Crippen LogP contribution in [0.25, 0.3) is 0 Å². The van der Waals surface area contributed by atoms with E-state index in [-0.39, 0.29) is 5.92 Å². The third-order valence-corrected chi connectivity index (χ3v) is 4.10. The van der Waals surface area contributed by atoms with Crippen LogP contribution in [0, 0.1) is 5.92 Å². The number of halogens is 3. The lowest BCUT2D eigenvalue weighted by Crippen LogP contribution is -2.36. The van der Waals surface area contributed by atoms with Gasteiger partial charge in [-0.1, -0.05) is 5.16 Å². The Kier molecular flexibility index (Phi) is 4.65. The van der Waals surface area contributed by atoms with E-state index in [1.165, 1.54) is 10.9 Å². The standard InChI is InChI=1S/C14H16F3N5O2/c15-14(16,17)11-5-13(23)22(9-19-11)6-10-1-3-21(4-2-10)7-12-18-8-20-24-12/h5,8-10H,1-4,6-7H2. The molecular formula is C14H16F3N5O2. The molecule has 0 spiro atoms. The van der Waals surface area contributed by atoms with Crippen LogP contribution in [0.4, 0.5) is 13.2 Å². The number of alkyl halides is 3. The van der Waals surface area contributed by atoms with Crippen molar-refractivity contribution in [2.45, 2.75) is 32.1 Å². The molecule has 24 heavy (non-hydrogen) atoms. The minimum atomic E-state index is -4.60. The fourth-order valence-electron chi connectivity index (χ4n) is 2.78. The molecule has 0 amide bonds. The van der Waals surface area contributed by atoms with Crippen molar-refractivity contribution in [3.05, 3.63) is 40.7 Å². The summed E-state index contributed by atoms with van der Waals surface area (Å²) < 4.78 is 43.8. The first-order chi connectivity index (χ1) is 11.4. The molecule has 130 valence electrons. The summed E-state index contributed by atoms with van der Waals surface area (Å²) in [6.07, 6.45) is -0.594. The molecule has 0 aliphatic carbocycles. The molecule has 1 saturated heterocycles. The zero-order chi connectivity index (χ0) is 17.2. The lowest BCUT2D eigenvalue weighted by atomic mass is 9.96. The summed E-state index contributed by atoms with van der Waals surface area (Å²) in [6, 6.07) is 0.546. The maximum Gasteiger partial charge on any atom is 0.433 e. The summed E-state index contributed by atoms with van der Waals surface area (Å²) in [5.41, 5.74) is -1.83. The molecule has 7 nitrogen and oxygen atoms in total. The molecule has 2 aromatic heterocycles. The van der Waals surface area contributed by atoms with E-state index in [4.69, 9.17) is 4.52 Å². The minimum Gasteiger partial charge on any atom is -0.338 e. The van der Waals surface area contributed by atoms with E-state index in [0.717, 1.165) is 32.3 Å². The summed E-state index contributed by atoms with van der Waals surface area (Å²) in [4.78, 5) is 21.3. The van der Waals surface area contributed by atoms with Gasteiger partial charge in [-0.2, -0.15) is 18.2 Å². The van der Waals surface area contributed by atoms with E-state index < -0.39 is 17.4 Å². The fraction of sp³-hybridized carbons (Fsp3) is 0.571. The van der Waals surface area contributed by atoms with Gasteiger partial charge in [0.25, 0.3) is 5.56 Å². The van der Waals surface area contributed by atoms with Crippen LogP contribution in [0.2, 0.25) is 0 Å². The number of nitrogens with zero attached hydrogens (tertiary/aromatic N) is 5. The van der Waals surface area contributed by atoms with Gasteiger partial charge >= 0.3 is 6.18 Å². The fourth-order valence-corrected chi connectivity index (χ4v) is 2.78. The van der Waals surface area contributed by atoms with Gasteiger partial charge in [0.05, 0.1) is 12.9 Å². The van der Waals surface area contributed by atoms with Gasteiger partial charge in [-0.25, -0.2) is 4.98 Å². The average Bonchev–Trinajstić information content (AvgIpc) is 3.03. The van der Waals surface area contributed by atoms with Crippen LogP contribution in [0.1, 0.15) is 24.4 Å². The zero-order valence-corrected chi connectivity index (χ0v) is 12.7. The number of hydrogen-bond donors (Lipinski definition) is 0. The molecular weight excluding hydrogens is 327 g/mol. The summed E-state index contributed by atoms with van der Waals surface area (Å²) >= 11 is 0. The van der Waals surface area contributed by atoms with Crippen LogP contribution in [0.5, 0.6) is 0 Å². The van der Waals surface area contributed by atoms with Crippen molar-refractivity contribution in [1.29, 1.82) is 0 Å². The maximum absolute atomic E-state index is 12.5. The third kappa shape index (κ3) is 3.99. The molecule has 3 heterocycles. The van der Waals surface area contributed by atoms with Gasteiger partial charge in [-0.05, 0) is 31.8 Å². The summed E-state index contributed by atoms with van der Waals surface area (Å²) in [5.74, 6) is 0.775. The molecule has 0 N–H and O–H groups in total. The lowest BCUT2D eigenvalue weighted by Gasteiger charge is -2.31. The van der Waals surface area contributed by atoms with Crippen molar-refractivity contribution in [2.24, 2.45) is 5.92 Å². The van der Waals surface area contributed by atoms with Crippen molar-refractivity contribution in [1.82, 2.24) is 24.6 Å². The van der Waals surface area contributed by atoms with Crippen LogP contribution in [-0.2, 0) is 19.3 Å². The molecule has 0 bridgehead atoms. The number of aromatic nitrogens is 4. The molecule has 0 radical (unpaired) electrons. The predicted octanol–water partition coefficient (Wildman–Crippen LogP) is 1.56. The van der Waals surface area contributed by atoms with Gasteiger partial charge in [0.2, 0.25) is 5.89 Å². The first-order valence-corrected chi connectivity index (χ1v) is 7.53. The van der Waals surface area contributed by atoms with E-state index in [1.807, 2.05) is 0 Å². The van der Waals surface area contributed by atoms with Crippen LogP contribution >= 0.6 is 0 Å². The number of hydrogen-bond acceptors (Lipinski definition) is 6. The minimum absolute atomic E-state index is 0.222. The van der Waals surface area contributed by atoms with E-state index in [9.17, 15) is 18.0 Å². The number of rotatable bonds is 4. The Balaban J connectivity index is 1.55. The predicted molar refractivity (Wildman–Crippen MR) is 75.8 cm³/mol. The van der Waals surface area contributed by atoms with Gasteiger partial charge < -0.3 is 4.52 Å². The first-order valence-electron chi connectivity index (χ1n) is 7.53. The zero-order valence-electron chi connectivity index (χ0n) is 12.7. The van der Waals surface area contributed by atoms with Crippen LogP contribution < -0.4 is 5.56 Å². The summed E-state index contributed by atoms with van der Waals surface area (Å²) in [7, 11) is 0. The lowest BCUT2D eigenvalue weighted by molar-refractivity contribution is -0.141. The SMILES string of the molecule is O=c1cc(C(F)(F)F)ncn1CC1CCN(Cc2ncno2)CC1. The molecule has 0 aromatic carbocycles. The van der Waals surface area contributed by atoms with Gasteiger partial charge in [0.15, 0.2) is 12.0 Å². The maximum atomic E-state index is 12.5. The summed E-state index contributed by atoms with van der Waals surface area (Å²) in [6.45, 7) is 2.55. The van der Waals surface area contributed by atoms with Crippen molar-refractivity contribution < 1.29 is 17.7 Å².